The van der Waals surface area contributed by atoms with Crippen LogP contribution in [0.4, 0.5) is 0 Å². The summed E-state index contributed by atoms with van der Waals surface area (Å²) in [6.45, 7) is 9.72. The molecule has 2 aromatic rings. The molecule has 2 saturated heterocycles. The van der Waals surface area contributed by atoms with Crippen LogP contribution in [0, 0.1) is 5.92 Å². The van der Waals surface area contributed by atoms with Gasteiger partial charge >= 0.3 is 5.12 Å². The highest BCUT2D eigenvalue weighted by atomic mass is 32.2. The number of hydrogen-bond donors (Lipinski definition) is 1. The first kappa shape index (κ1) is 29.5. The monoisotopic (exact) mass is 568 g/mol. The zero-order valence-corrected chi connectivity index (χ0v) is 24.3. The first-order valence-electron chi connectivity index (χ1n) is 13.4. The first-order chi connectivity index (χ1) is 18.7. The molecule has 3 unspecified atom stereocenters. The molecule has 10 nitrogen and oxygen atoms in total. The number of ketones is 1. The Morgan fingerprint density at radius 2 is 1.75 bits per heavy atom. The van der Waals surface area contributed by atoms with Crippen LogP contribution in [-0.2, 0) is 25.0 Å². The fourth-order valence-electron chi connectivity index (χ4n) is 5.32. The predicted octanol–water partition coefficient (Wildman–Crippen LogP) is 2.55. The molecule has 1 aromatic heterocycles. The van der Waals surface area contributed by atoms with Crippen molar-refractivity contribution in [1.82, 2.24) is 19.5 Å². The van der Waals surface area contributed by atoms with Gasteiger partial charge in [-0.05, 0) is 54.0 Å². The van der Waals surface area contributed by atoms with Crippen molar-refractivity contribution in [2.75, 3.05) is 13.1 Å². The maximum absolute atomic E-state index is 13.7. The molecule has 1 aromatic carbocycles. The highest BCUT2D eigenvalue weighted by Crippen LogP contribution is 2.33. The van der Waals surface area contributed by atoms with E-state index in [9.17, 15) is 27.6 Å². The van der Waals surface area contributed by atoms with Crippen LogP contribution in [0.5, 0.6) is 0 Å². The van der Waals surface area contributed by atoms with Crippen LogP contribution in [0.3, 0.4) is 0 Å². The van der Waals surface area contributed by atoms with Crippen molar-refractivity contribution in [3.8, 4) is 0 Å². The third-order valence-corrected chi connectivity index (χ3v) is 9.10. The van der Waals surface area contributed by atoms with E-state index in [0.717, 1.165) is 9.87 Å². The Kier molecular flexibility index (Phi) is 8.28. The molecule has 3 heterocycles. The summed E-state index contributed by atoms with van der Waals surface area (Å²) in [6.07, 6.45) is 1.86. The molecule has 2 aliphatic heterocycles. The number of carbonyl (C=O) groups excluding carboxylic acids is 4. The van der Waals surface area contributed by atoms with Crippen molar-refractivity contribution in [1.29, 1.82) is 0 Å². The number of pyridine rings is 1. The average Bonchev–Trinajstić information content (AvgIpc) is 3.48. The van der Waals surface area contributed by atoms with Gasteiger partial charge in [0, 0.05) is 18.3 Å². The summed E-state index contributed by atoms with van der Waals surface area (Å²) in [6, 6.07) is 8.82. The maximum Gasteiger partial charge on any atom is 0.310 e. The summed E-state index contributed by atoms with van der Waals surface area (Å²) in [5, 5.41) is 1.65. The first-order valence-corrected chi connectivity index (χ1v) is 14.9. The minimum atomic E-state index is -4.53. The van der Waals surface area contributed by atoms with E-state index in [2.05, 4.69) is 31.1 Å². The second-order valence-corrected chi connectivity index (χ2v) is 13.6. The topological polar surface area (TPSA) is 134 Å². The zero-order chi connectivity index (χ0) is 29.4. The molecule has 40 heavy (non-hydrogen) atoms. The van der Waals surface area contributed by atoms with Crippen LogP contribution < -0.4 is 5.32 Å². The average molecular weight is 569 g/mol. The molecule has 0 bridgehead atoms. The van der Waals surface area contributed by atoms with Gasteiger partial charge in [0.25, 0.3) is 15.9 Å². The Hall–Kier alpha value is -3.44. The lowest BCUT2D eigenvalue weighted by atomic mass is 9.86. The van der Waals surface area contributed by atoms with E-state index in [1.165, 1.54) is 23.2 Å². The maximum atomic E-state index is 13.7. The van der Waals surface area contributed by atoms with Gasteiger partial charge < -0.3 is 10.2 Å². The highest BCUT2D eigenvalue weighted by Gasteiger charge is 2.55. The van der Waals surface area contributed by atoms with Crippen LogP contribution in [-0.4, -0.2) is 76.5 Å². The molecule has 0 spiro atoms. The fourth-order valence-corrected chi connectivity index (χ4v) is 6.79. The predicted molar refractivity (Wildman–Crippen MR) is 149 cm³/mol. The fraction of sp³-hybridized carbons (Fsp3) is 0.483. The number of sulfonamides is 1. The number of hydrogen-bond acceptors (Lipinski definition) is 7. The van der Waals surface area contributed by atoms with Crippen LogP contribution in [0.15, 0.2) is 48.7 Å². The van der Waals surface area contributed by atoms with Gasteiger partial charge in [0.1, 0.15) is 17.8 Å². The smallest absolute Gasteiger partial charge is 0.310 e. The van der Waals surface area contributed by atoms with Gasteiger partial charge in [-0.1, -0.05) is 52.8 Å². The van der Waals surface area contributed by atoms with Crippen molar-refractivity contribution < 1.29 is 27.6 Å². The van der Waals surface area contributed by atoms with E-state index in [-0.39, 0.29) is 30.0 Å². The second kappa shape index (κ2) is 11.2. The minimum Gasteiger partial charge on any atom is -0.340 e. The van der Waals surface area contributed by atoms with E-state index in [0.29, 0.717) is 12.0 Å². The molecule has 11 heteroatoms. The number of amides is 2. The van der Waals surface area contributed by atoms with Gasteiger partial charge in [0.05, 0.1) is 12.6 Å². The number of Topliss-reactive ketones (excluding diaryl/α,β-unsaturated/α-hetero) is 1. The SMILES string of the molecule is CC(C)CC(NC(=O)c1ccc(C(C)(C)C)cc1)C(=O)N1CCC2C1C(=O)CN2S(=O)(=O)C(=O)c1ccccn1. The number of carbonyl (C=O) groups is 4. The summed E-state index contributed by atoms with van der Waals surface area (Å²) in [5.74, 6) is -1.24. The van der Waals surface area contributed by atoms with E-state index in [1.807, 2.05) is 26.0 Å². The number of fused-ring (bicyclic) bond motifs is 1. The minimum absolute atomic E-state index is 0.0584. The summed E-state index contributed by atoms with van der Waals surface area (Å²) < 4.78 is 27.3. The molecule has 3 atom stereocenters. The summed E-state index contributed by atoms with van der Waals surface area (Å²) in [4.78, 5) is 57.9. The summed E-state index contributed by atoms with van der Waals surface area (Å²) >= 11 is 0. The number of aromatic nitrogens is 1. The largest absolute Gasteiger partial charge is 0.340 e. The Bertz CT molecular complexity index is 1400. The van der Waals surface area contributed by atoms with Gasteiger partial charge in [-0.2, -0.15) is 4.31 Å². The van der Waals surface area contributed by atoms with Crippen LogP contribution in [0.2, 0.25) is 0 Å². The van der Waals surface area contributed by atoms with Gasteiger partial charge in [0.2, 0.25) is 5.91 Å². The number of rotatable bonds is 7. The standard InChI is InChI=1S/C29H36N4O6S/c1-18(2)16-22(31-26(35)19-9-11-20(12-10-19)29(3,4)5)27(36)32-15-13-23-25(32)24(34)17-33(23)40(38,39)28(37)21-8-6-7-14-30-21/h6-12,14,18,22-23,25H,13,15-17H2,1-5H3,(H,31,35). The quantitative estimate of drug-likeness (QED) is 0.543. The number of nitrogens with one attached hydrogen (secondary N) is 1. The molecule has 2 fully saturated rings. The molecule has 214 valence electrons. The van der Waals surface area contributed by atoms with Crippen molar-refractivity contribution in [3.63, 3.8) is 0 Å². The van der Waals surface area contributed by atoms with Gasteiger partial charge in [-0.15, -0.1) is 0 Å². The molecule has 4 rings (SSSR count). The lowest BCUT2D eigenvalue weighted by Crippen LogP contribution is -2.53. The molecule has 0 saturated carbocycles. The Morgan fingerprint density at radius 1 is 1.07 bits per heavy atom. The molecular formula is C29H36N4O6S. The van der Waals surface area contributed by atoms with E-state index in [4.69, 9.17) is 0 Å². The van der Waals surface area contributed by atoms with Crippen molar-refractivity contribution in [2.24, 2.45) is 5.92 Å². The number of nitrogens with zero attached hydrogens (tertiary/aromatic N) is 3. The van der Waals surface area contributed by atoms with Crippen molar-refractivity contribution >= 4 is 32.7 Å². The van der Waals surface area contributed by atoms with Crippen LogP contribution in [0.1, 0.15) is 73.9 Å². The van der Waals surface area contributed by atoms with Crippen molar-refractivity contribution in [2.45, 2.75) is 71.0 Å². The molecule has 2 aliphatic rings. The van der Waals surface area contributed by atoms with E-state index < -0.39 is 57.4 Å². The number of benzene rings is 1. The lowest BCUT2D eigenvalue weighted by molar-refractivity contribution is -0.138. The van der Waals surface area contributed by atoms with Gasteiger partial charge in [-0.25, -0.2) is 8.42 Å². The van der Waals surface area contributed by atoms with Crippen LogP contribution in [0.25, 0.3) is 0 Å². The third-order valence-electron chi connectivity index (χ3n) is 7.40. The van der Waals surface area contributed by atoms with E-state index >= 15 is 0 Å². The van der Waals surface area contributed by atoms with Gasteiger partial charge in [0.15, 0.2) is 5.78 Å². The van der Waals surface area contributed by atoms with Gasteiger partial charge in [-0.3, -0.25) is 24.2 Å². The molecule has 0 aliphatic carbocycles. The lowest BCUT2D eigenvalue weighted by Gasteiger charge is -2.29. The molecule has 1 N–H and O–H groups in total. The molecular weight excluding hydrogens is 532 g/mol. The summed E-state index contributed by atoms with van der Waals surface area (Å²) in [5.41, 5.74) is 1.17. The highest BCUT2D eigenvalue weighted by molar-refractivity contribution is 8.04. The van der Waals surface area contributed by atoms with Crippen molar-refractivity contribution in [3.05, 3.63) is 65.5 Å². The third kappa shape index (κ3) is 5.85. The normalized spacial score (nSPS) is 20.4. The van der Waals surface area contributed by atoms with E-state index in [1.54, 1.807) is 18.2 Å². The molecule has 2 amide bonds. The summed E-state index contributed by atoms with van der Waals surface area (Å²) in [7, 11) is -4.53. The Morgan fingerprint density at radius 3 is 2.33 bits per heavy atom. The van der Waals surface area contributed by atoms with Crippen LogP contribution >= 0.6 is 0 Å². The molecule has 0 radical (unpaired) electrons. The zero-order valence-electron chi connectivity index (χ0n) is 23.5. The second-order valence-electron chi connectivity index (χ2n) is 11.8. The Balaban J connectivity index is 1.52. The number of likely N-dealkylation sites (tertiary alicyclic amines) is 1. The Labute approximate surface area is 235 Å².